The van der Waals surface area contributed by atoms with Crippen molar-refractivity contribution in [2.75, 3.05) is 18.2 Å². The Morgan fingerprint density at radius 1 is 1.24 bits per heavy atom. The van der Waals surface area contributed by atoms with Gasteiger partial charge in [-0.05, 0) is 56.4 Å². The predicted molar refractivity (Wildman–Crippen MR) is 156 cm³/mol. The van der Waals surface area contributed by atoms with Crippen LogP contribution >= 0.6 is 23.1 Å². The third kappa shape index (κ3) is 6.58. The van der Waals surface area contributed by atoms with Crippen LogP contribution in [-0.2, 0) is 37.0 Å². The molecule has 0 bridgehead atoms. The number of carbonyl (C=O) groups excluding carboxylic acids is 3. The number of carbonyl (C=O) groups is 4. The summed E-state index contributed by atoms with van der Waals surface area (Å²) in [7, 11) is 1.25. The maximum absolute atomic E-state index is 13.2. The van der Waals surface area contributed by atoms with Crippen molar-refractivity contribution in [2.45, 2.75) is 57.7 Å². The molecule has 1 aromatic heterocycles. The van der Waals surface area contributed by atoms with E-state index in [1.807, 2.05) is 13.0 Å². The summed E-state index contributed by atoms with van der Waals surface area (Å²) in [4.78, 5) is 61.0. The normalized spacial score (nSPS) is 18.7. The van der Waals surface area contributed by atoms with Crippen LogP contribution in [0.2, 0.25) is 0 Å². The first-order valence-corrected chi connectivity index (χ1v) is 14.7. The largest absolute Gasteiger partial charge is 0.477 e. The summed E-state index contributed by atoms with van der Waals surface area (Å²) in [5, 5.41) is 29.5. The third-order valence-electron chi connectivity index (χ3n) is 6.42. The average Bonchev–Trinajstić information content (AvgIpc) is 3.37. The first-order chi connectivity index (χ1) is 19.8. The van der Waals surface area contributed by atoms with Crippen molar-refractivity contribution >= 4 is 57.8 Å². The molecule has 224 valence electrons. The number of fused-ring (bicyclic) bond motifs is 1. The van der Waals surface area contributed by atoms with Gasteiger partial charge >= 0.3 is 12.1 Å². The predicted octanol–water partition coefficient (Wildman–Crippen LogP) is 2.62. The number of aromatic nitrogens is 1. The lowest BCUT2D eigenvalue weighted by Crippen LogP contribution is -2.71. The molecule has 0 radical (unpaired) electrons. The Bertz CT molecular complexity index is 1480. The topological polar surface area (TPSA) is 180 Å². The number of hydrogen-bond acceptors (Lipinski definition) is 11. The highest BCUT2D eigenvalue weighted by Gasteiger charge is 2.54. The molecule has 1 saturated heterocycles. The molecule has 1 aromatic carbocycles. The zero-order valence-electron chi connectivity index (χ0n) is 23.6. The van der Waals surface area contributed by atoms with Gasteiger partial charge in [-0.3, -0.25) is 19.8 Å². The van der Waals surface area contributed by atoms with Gasteiger partial charge in [-0.15, -0.1) is 23.1 Å². The van der Waals surface area contributed by atoms with Crippen LogP contribution in [0.5, 0.6) is 0 Å². The fourth-order valence-corrected chi connectivity index (χ4v) is 6.51. The molecule has 0 spiro atoms. The SMILES string of the molecule is CON=C(C(=O)N[C@@H]1C(=O)N2C(C(=O)O)=C(Cc3cccc(CO)c3C)CS[C@H]12)c1csc(NC(=O)OC(C)(C)C)n1. The molecule has 42 heavy (non-hydrogen) atoms. The van der Waals surface area contributed by atoms with Gasteiger partial charge in [0.25, 0.3) is 11.8 Å². The molecule has 1 fully saturated rings. The fraction of sp³-hybridized carbons (Fsp3) is 0.407. The number of nitrogens with one attached hydrogen (secondary N) is 2. The van der Waals surface area contributed by atoms with Gasteiger partial charge in [0.1, 0.15) is 35.5 Å². The Hall–Kier alpha value is -3.95. The van der Waals surface area contributed by atoms with E-state index in [1.165, 1.54) is 29.2 Å². The number of aliphatic hydroxyl groups is 1. The molecule has 2 atom stereocenters. The quantitative estimate of drug-likeness (QED) is 0.186. The third-order valence-corrected chi connectivity index (χ3v) is 8.52. The highest BCUT2D eigenvalue weighted by Crippen LogP contribution is 2.41. The van der Waals surface area contributed by atoms with Crippen LogP contribution < -0.4 is 10.6 Å². The number of carboxylic acid groups (broad SMARTS) is 1. The summed E-state index contributed by atoms with van der Waals surface area (Å²) in [5.41, 5.74) is 2.08. The summed E-state index contributed by atoms with van der Waals surface area (Å²) in [6.45, 7) is 6.88. The number of thioether (sulfide) groups is 1. The molecular weight excluding hydrogens is 586 g/mol. The number of ether oxygens (including phenoxy) is 1. The molecule has 15 heteroatoms. The molecule has 13 nitrogen and oxygen atoms in total. The monoisotopic (exact) mass is 617 g/mol. The van der Waals surface area contributed by atoms with E-state index in [2.05, 4.69) is 20.8 Å². The number of rotatable bonds is 9. The highest BCUT2D eigenvalue weighted by atomic mass is 32.2. The number of amides is 3. The Morgan fingerprint density at radius 2 is 1.95 bits per heavy atom. The minimum Gasteiger partial charge on any atom is -0.477 e. The van der Waals surface area contributed by atoms with Crippen molar-refractivity contribution in [3.05, 3.63) is 57.2 Å². The Kier molecular flexibility index (Phi) is 9.23. The van der Waals surface area contributed by atoms with Crippen LogP contribution in [0.4, 0.5) is 9.93 Å². The van der Waals surface area contributed by atoms with Crippen LogP contribution in [0.25, 0.3) is 0 Å². The van der Waals surface area contributed by atoms with Gasteiger partial charge in [-0.25, -0.2) is 14.6 Å². The van der Waals surface area contributed by atoms with Crippen molar-refractivity contribution in [2.24, 2.45) is 5.16 Å². The maximum Gasteiger partial charge on any atom is 0.413 e. The van der Waals surface area contributed by atoms with E-state index in [0.29, 0.717) is 17.7 Å². The number of hydrogen-bond donors (Lipinski definition) is 4. The first kappa shape index (κ1) is 31.0. The van der Waals surface area contributed by atoms with Gasteiger partial charge in [0, 0.05) is 11.1 Å². The second-order valence-electron chi connectivity index (χ2n) is 10.4. The van der Waals surface area contributed by atoms with Crippen molar-refractivity contribution < 1.29 is 39.0 Å². The van der Waals surface area contributed by atoms with E-state index < -0.39 is 40.9 Å². The first-order valence-electron chi connectivity index (χ1n) is 12.8. The minimum atomic E-state index is -1.24. The fourth-order valence-electron chi connectivity index (χ4n) is 4.48. The minimum absolute atomic E-state index is 0.0965. The Balaban J connectivity index is 1.49. The van der Waals surface area contributed by atoms with E-state index in [1.54, 1.807) is 32.9 Å². The van der Waals surface area contributed by atoms with Crippen molar-refractivity contribution in [1.29, 1.82) is 0 Å². The number of β-lactam (4-membered cyclic amide) rings is 1. The van der Waals surface area contributed by atoms with E-state index >= 15 is 0 Å². The van der Waals surface area contributed by atoms with Gasteiger partial charge in [0.15, 0.2) is 10.8 Å². The summed E-state index contributed by atoms with van der Waals surface area (Å²) in [6.07, 6.45) is -0.416. The highest BCUT2D eigenvalue weighted by molar-refractivity contribution is 8.00. The summed E-state index contributed by atoms with van der Waals surface area (Å²) in [5.74, 6) is -2.24. The molecule has 4 N–H and O–H groups in total. The standard InChI is InChI=1S/C27H31N5O8S2/c1-13-14(7-6-8-15(13)10-33)9-16-11-41-23-19(22(35)32(23)20(16)24(36)37)29-21(34)18(31-39-5)17-12-42-25(28-17)30-26(38)40-27(2,3)4/h6-8,12,19,23,33H,9-11H2,1-5H3,(H,29,34)(H,36,37)(H,28,30,38)/t19-,23-/m1/s1. The molecule has 2 aliphatic heterocycles. The summed E-state index contributed by atoms with van der Waals surface area (Å²) >= 11 is 2.38. The molecule has 0 unspecified atom stereocenters. The lowest BCUT2D eigenvalue weighted by atomic mass is 9.94. The van der Waals surface area contributed by atoms with Crippen molar-refractivity contribution in [1.82, 2.24) is 15.2 Å². The zero-order chi connectivity index (χ0) is 30.8. The van der Waals surface area contributed by atoms with E-state index in [-0.39, 0.29) is 28.8 Å². The molecule has 3 amide bonds. The molecule has 4 rings (SSSR count). The van der Waals surface area contributed by atoms with Crippen molar-refractivity contribution in [3.8, 4) is 0 Å². The second-order valence-corrected chi connectivity index (χ2v) is 12.4. The van der Waals surface area contributed by atoms with E-state index in [9.17, 15) is 29.4 Å². The molecule has 0 aliphatic carbocycles. The summed E-state index contributed by atoms with van der Waals surface area (Å²) in [6, 6.07) is 4.46. The van der Waals surface area contributed by atoms with Gasteiger partial charge in [-0.1, -0.05) is 23.4 Å². The Morgan fingerprint density at radius 3 is 2.60 bits per heavy atom. The molecular formula is C27H31N5O8S2. The van der Waals surface area contributed by atoms with Crippen LogP contribution in [0.1, 0.15) is 43.2 Å². The van der Waals surface area contributed by atoms with Crippen molar-refractivity contribution in [3.63, 3.8) is 0 Å². The lowest BCUT2D eigenvalue weighted by Gasteiger charge is -2.49. The van der Waals surface area contributed by atoms with Gasteiger partial charge < -0.3 is 25.1 Å². The smallest absolute Gasteiger partial charge is 0.413 e. The molecule has 2 aliphatic rings. The molecule has 3 heterocycles. The van der Waals surface area contributed by atoms with Crippen LogP contribution in [0, 0.1) is 6.92 Å². The Labute approximate surface area is 250 Å². The summed E-state index contributed by atoms with van der Waals surface area (Å²) < 4.78 is 5.21. The van der Waals surface area contributed by atoms with Gasteiger partial charge in [-0.2, -0.15) is 0 Å². The van der Waals surface area contributed by atoms with Gasteiger partial charge in [0.2, 0.25) is 0 Å². The number of nitrogens with zero attached hydrogens (tertiary/aromatic N) is 3. The average molecular weight is 618 g/mol. The molecule has 2 aromatic rings. The number of aliphatic carboxylic acids is 1. The van der Waals surface area contributed by atoms with Gasteiger partial charge in [0.05, 0.1) is 6.61 Å². The number of benzene rings is 1. The zero-order valence-corrected chi connectivity index (χ0v) is 25.2. The lowest BCUT2D eigenvalue weighted by molar-refractivity contribution is -0.150. The van der Waals surface area contributed by atoms with Crippen LogP contribution in [-0.4, -0.2) is 79.6 Å². The van der Waals surface area contributed by atoms with Crippen LogP contribution in [0.15, 0.2) is 40.0 Å². The number of aliphatic hydroxyl groups excluding tert-OH is 1. The van der Waals surface area contributed by atoms with Crippen LogP contribution in [0.3, 0.4) is 0 Å². The molecule has 0 saturated carbocycles. The number of anilines is 1. The number of thiazole rings is 1. The second kappa shape index (κ2) is 12.5. The van der Waals surface area contributed by atoms with E-state index in [0.717, 1.165) is 28.0 Å². The number of carboxylic acids is 1. The van der Waals surface area contributed by atoms with E-state index in [4.69, 9.17) is 9.57 Å². The number of oxime groups is 1. The maximum atomic E-state index is 13.2.